The third-order valence-electron chi connectivity index (χ3n) is 7.12. The molecule has 10 nitrogen and oxygen atoms in total. The Morgan fingerprint density at radius 1 is 1.02 bits per heavy atom. The van der Waals surface area contributed by atoms with E-state index in [-0.39, 0.29) is 6.04 Å². The van der Waals surface area contributed by atoms with Gasteiger partial charge in [0.05, 0.1) is 42.1 Å². The van der Waals surface area contributed by atoms with Crippen LogP contribution in [0, 0.1) is 0 Å². The van der Waals surface area contributed by atoms with Crippen LogP contribution in [-0.4, -0.2) is 73.3 Å². The maximum atomic E-state index is 5.90. The van der Waals surface area contributed by atoms with Gasteiger partial charge in [-0.1, -0.05) is 12.1 Å². The Labute approximate surface area is 244 Å². The van der Waals surface area contributed by atoms with E-state index < -0.39 is 0 Å². The van der Waals surface area contributed by atoms with Crippen molar-refractivity contribution < 1.29 is 9.47 Å². The molecular weight excluding hydrogens is 528 g/mol. The standard InChI is InChI=1S/C32H32N8O2/c1-33-27-16-28(38-25-10-11-35-30(29(25)27)20-6-5-7-22(14-20)41-4)31-32-26(36-19-37-31)9-8-24(39-32)21-15-23(18-34-17-21)42-13-12-40(2)3/h5-11,14-18,27,36,38H,1,12-13,19H2,2-4H3. The zero-order valence-corrected chi connectivity index (χ0v) is 23.8. The number of hydrogen-bond acceptors (Lipinski definition) is 10. The van der Waals surface area contributed by atoms with E-state index in [1.54, 1.807) is 25.7 Å². The number of hydrogen-bond donors (Lipinski definition) is 2. The molecule has 212 valence electrons. The molecule has 2 aliphatic heterocycles. The number of methoxy groups -OCH3 is 1. The van der Waals surface area contributed by atoms with Gasteiger partial charge in [0.25, 0.3) is 0 Å². The molecule has 0 radical (unpaired) electrons. The number of anilines is 2. The van der Waals surface area contributed by atoms with Crippen molar-refractivity contribution in [1.82, 2.24) is 19.9 Å². The van der Waals surface area contributed by atoms with E-state index in [2.05, 4.69) is 32.2 Å². The summed E-state index contributed by atoms with van der Waals surface area (Å²) in [6, 6.07) is 15.4. The molecule has 0 saturated carbocycles. The van der Waals surface area contributed by atoms with Crippen LogP contribution in [0.2, 0.25) is 0 Å². The number of nitrogens with zero attached hydrogens (tertiary/aromatic N) is 6. The van der Waals surface area contributed by atoms with Crippen LogP contribution in [0.1, 0.15) is 17.3 Å². The first-order valence-corrected chi connectivity index (χ1v) is 13.6. The Bertz CT molecular complexity index is 1700. The predicted octanol–water partition coefficient (Wildman–Crippen LogP) is 5.08. The fourth-order valence-corrected chi connectivity index (χ4v) is 5.01. The second-order valence-corrected chi connectivity index (χ2v) is 10.2. The molecular formula is C32H32N8O2. The molecule has 6 rings (SSSR count). The molecule has 0 aliphatic carbocycles. The highest BCUT2D eigenvalue weighted by molar-refractivity contribution is 6.17. The summed E-state index contributed by atoms with van der Waals surface area (Å²) in [4.78, 5) is 25.5. The third kappa shape index (κ3) is 5.44. The zero-order chi connectivity index (χ0) is 29.1. The molecule has 1 unspecified atom stereocenters. The summed E-state index contributed by atoms with van der Waals surface area (Å²) in [5.41, 5.74) is 8.43. The van der Waals surface area contributed by atoms with Crippen LogP contribution >= 0.6 is 0 Å². The molecule has 5 heterocycles. The van der Waals surface area contributed by atoms with Gasteiger partial charge in [0.1, 0.15) is 36.2 Å². The van der Waals surface area contributed by atoms with Gasteiger partial charge in [-0.15, -0.1) is 0 Å². The van der Waals surface area contributed by atoms with Crippen molar-refractivity contribution in [1.29, 1.82) is 0 Å². The third-order valence-corrected chi connectivity index (χ3v) is 7.12. The van der Waals surface area contributed by atoms with Crippen molar-refractivity contribution in [3.05, 3.63) is 90.2 Å². The Hall–Kier alpha value is -5.09. The molecule has 0 saturated heterocycles. The summed E-state index contributed by atoms with van der Waals surface area (Å²) < 4.78 is 11.3. The molecule has 0 bridgehead atoms. The van der Waals surface area contributed by atoms with Crippen LogP contribution < -0.4 is 20.1 Å². The molecule has 0 fully saturated rings. The van der Waals surface area contributed by atoms with E-state index in [0.29, 0.717) is 19.0 Å². The predicted molar refractivity (Wildman–Crippen MR) is 167 cm³/mol. The summed E-state index contributed by atoms with van der Waals surface area (Å²) in [7, 11) is 5.69. The van der Waals surface area contributed by atoms with E-state index in [1.165, 1.54) is 0 Å². The molecule has 3 aromatic heterocycles. The lowest BCUT2D eigenvalue weighted by Crippen LogP contribution is -2.25. The highest BCUT2D eigenvalue weighted by Crippen LogP contribution is 2.40. The van der Waals surface area contributed by atoms with Crippen LogP contribution in [0.4, 0.5) is 11.4 Å². The molecule has 2 N–H and O–H groups in total. The van der Waals surface area contributed by atoms with Gasteiger partial charge in [-0.2, -0.15) is 0 Å². The van der Waals surface area contributed by atoms with E-state index in [4.69, 9.17) is 24.4 Å². The van der Waals surface area contributed by atoms with E-state index in [9.17, 15) is 0 Å². The first kappa shape index (κ1) is 27.1. The Morgan fingerprint density at radius 3 is 2.74 bits per heavy atom. The van der Waals surface area contributed by atoms with Crippen LogP contribution in [-0.2, 0) is 0 Å². The second-order valence-electron chi connectivity index (χ2n) is 10.2. The number of ether oxygens (including phenoxy) is 2. The van der Waals surface area contributed by atoms with Crippen LogP contribution in [0.15, 0.2) is 88.9 Å². The second kappa shape index (κ2) is 11.8. The smallest absolute Gasteiger partial charge is 0.138 e. The largest absolute Gasteiger partial charge is 0.497 e. The van der Waals surface area contributed by atoms with Gasteiger partial charge in [0.15, 0.2) is 0 Å². The Balaban J connectivity index is 1.33. The lowest BCUT2D eigenvalue weighted by Gasteiger charge is -2.28. The van der Waals surface area contributed by atoms with Gasteiger partial charge >= 0.3 is 0 Å². The molecule has 10 heteroatoms. The topological polar surface area (TPSA) is 109 Å². The first-order valence-electron chi connectivity index (χ1n) is 13.6. The highest BCUT2D eigenvalue weighted by atomic mass is 16.5. The Morgan fingerprint density at radius 2 is 1.90 bits per heavy atom. The lowest BCUT2D eigenvalue weighted by molar-refractivity contribution is 0.261. The van der Waals surface area contributed by atoms with Crippen molar-refractivity contribution in [3.8, 4) is 34.0 Å². The summed E-state index contributed by atoms with van der Waals surface area (Å²) in [6.07, 6.45) is 7.33. The average molecular weight is 561 g/mol. The SMILES string of the molecule is C=NC1C=C(C2=NCNc3ccc(-c4cncc(OCCN(C)C)c4)nc32)Nc2ccnc(-c3cccc(OC)c3)c21. The maximum absolute atomic E-state index is 5.90. The number of nitrogens with one attached hydrogen (secondary N) is 2. The summed E-state index contributed by atoms with van der Waals surface area (Å²) in [5.74, 6) is 1.47. The number of allylic oxidation sites excluding steroid dienone is 1. The van der Waals surface area contributed by atoms with Gasteiger partial charge in [0.2, 0.25) is 0 Å². The van der Waals surface area contributed by atoms with Gasteiger partial charge in [-0.05, 0) is 63.3 Å². The Kier molecular flexibility index (Phi) is 7.61. The highest BCUT2D eigenvalue weighted by Gasteiger charge is 2.28. The normalized spacial score (nSPS) is 15.4. The quantitative estimate of drug-likeness (QED) is 0.273. The summed E-state index contributed by atoms with van der Waals surface area (Å²) in [6.45, 7) is 5.73. The molecule has 2 aliphatic rings. The number of aliphatic imine (C=N–C) groups is 2. The van der Waals surface area contributed by atoms with Crippen LogP contribution in [0.3, 0.4) is 0 Å². The number of aromatic nitrogens is 3. The lowest BCUT2D eigenvalue weighted by atomic mass is 9.93. The number of rotatable bonds is 9. The van der Waals surface area contributed by atoms with Gasteiger partial charge in [-0.25, -0.2) is 4.98 Å². The molecule has 0 amide bonds. The van der Waals surface area contributed by atoms with Crippen LogP contribution in [0.5, 0.6) is 11.5 Å². The minimum absolute atomic E-state index is 0.337. The van der Waals surface area contributed by atoms with Gasteiger partial charge < -0.3 is 25.0 Å². The summed E-state index contributed by atoms with van der Waals surface area (Å²) >= 11 is 0. The van der Waals surface area contributed by atoms with Crippen molar-refractivity contribution in [3.63, 3.8) is 0 Å². The number of likely N-dealkylation sites (N-methyl/N-ethyl adjacent to an activating group) is 1. The maximum Gasteiger partial charge on any atom is 0.138 e. The van der Waals surface area contributed by atoms with E-state index in [1.807, 2.05) is 68.7 Å². The molecule has 0 spiro atoms. The van der Waals surface area contributed by atoms with Crippen molar-refractivity contribution >= 4 is 23.8 Å². The molecule has 1 aromatic carbocycles. The van der Waals surface area contributed by atoms with Crippen molar-refractivity contribution in [2.45, 2.75) is 6.04 Å². The van der Waals surface area contributed by atoms with Crippen molar-refractivity contribution in [2.24, 2.45) is 9.98 Å². The molecule has 1 atom stereocenters. The van der Waals surface area contributed by atoms with Gasteiger partial charge in [0, 0.05) is 41.3 Å². The fraction of sp³-hybridized carbons (Fsp3) is 0.219. The number of pyridine rings is 3. The number of benzene rings is 1. The minimum Gasteiger partial charge on any atom is -0.497 e. The monoisotopic (exact) mass is 560 g/mol. The molecule has 42 heavy (non-hydrogen) atoms. The fourth-order valence-electron chi connectivity index (χ4n) is 5.01. The number of fused-ring (bicyclic) bond motifs is 2. The van der Waals surface area contributed by atoms with Gasteiger partial charge in [-0.3, -0.25) is 20.0 Å². The summed E-state index contributed by atoms with van der Waals surface area (Å²) in [5, 5.41) is 6.92. The zero-order valence-electron chi connectivity index (χ0n) is 23.8. The molecule has 4 aromatic rings. The van der Waals surface area contributed by atoms with E-state index >= 15 is 0 Å². The average Bonchev–Trinajstić information content (AvgIpc) is 3.03. The van der Waals surface area contributed by atoms with Crippen molar-refractivity contribution in [2.75, 3.05) is 51.7 Å². The van der Waals surface area contributed by atoms with Crippen LogP contribution in [0.25, 0.3) is 22.5 Å². The van der Waals surface area contributed by atoms with E-state index in [0.717, 1.165) is 68.8 Å². The minimum atomic E-state index is -0.337. The first-order chi connectivity index (χ1) is 20.5.